The molecule has 1 N–H and O–H groups in total. The fourth-order valence-corrected chi connectivity index (χ4v) is 3.47. The zero-order chi connectivity index (χ0) is 20.4. The number of alkyl carbamates (subject to hydrolysis) is 1. The quantitative estimate of drug-likeness (QED) is 0.704. The summed E-state index contributed by atoms with van der Waals surface area (Å²) in [6, 6.07) is 15.4. The van der Waals surface area contributed by atoms with Gasteiger partial charge in [0, 0.05) is 22.6 Å². The van der Waals surface area contributed by atoms with Gasteiger partial charge in [-0.2, -0.15) is 0 Å². The summed E-state index contributed by atoms with van der Waals surface area (Å²) in [4.78, 5) is 17.1. The van der Waals surface area contributed by atoms with Crippen LogP contribution in [0.25, 0.3) is 5.69 Å². The Morgan fingerprint density at radius 2 is 1.90 bits per heavy atom. The molecule has 0 aliphatic carbocycles. The minimum Gasteiger partial charge on any atom is -0.450 e. The molecule has 0 saturated heterocycles. The number of rotatable bonds is 4. The zero-order valence-electron chi connectivity index (χ0n) is 16.1. The first kappa shape index (κ1) is 19.1. The molecule has 4 rings (SSSR count). The molecule has 2 aromatic carbocycles. The van der Waals surface area contributed by atoms with Gasteiger partial charge in [0.05, 0.1) is 18.0 Å². The Morgan fingerprint density at radius 3 is 2.62 bits per heavy atom. The van der Waals surface area contributed by atoms with Crippen molar-refractivity contribution in [2.75, 3.05) is 6.61 Å². The molecular weight excluding hydrogens is 390 g/mol. The molecule has 29 heavy (non-hydrogen) atoms. The highest BCUT2D eigenvalue weighted by atomic mass is 35.5. The minimum absolute atomic E-state index is 0.263. The Balaban J connectivity index is 1.93. The molecule has 0 fully saturated rings. The van der Waals surface area contributed by atoms with Gasteiger partial charge in [-0.15, -0.1) is 10.2 Å². The van der Waals surface area contributed by atoms with E-state index < -0.39 is 12.3 Å². The Labute approximate surface area is 173 Å². The van der Waals surface area contributed by atoms with Crippen LogP contribution in [0.4, 0.5) is 4.79 Å². The van der Waals surface area contributed by atoms with Gasteiger partial charge in [0.2, 0.25) is 0 Å². The minimum atomic E-state index is -0.750. The summed E-state index contributed by atoms with van der Waals surface area (Å²) in [5, 5.41) is 12.1. The largest absolute Gasteiger partial charge is 0.450 e. The lowest BCUT2D eigenvalue weighted by Crippen LogP contribution is -2.30. The molecule has 1 aliphatic rings. The first-order valence-electron chi connectivity index (χ1n) is 9.43. The smallest absolute Gasteiger partial charge is 0.409 e. The molecule has 0 radical (unpaired) electrons. The molecule has 1 atom stereocenters. The van der Waals surface area contributed by atoms with Crippen LogP contribution in [0.3, 0.4) is 0 Å². The van der Waals surface area contributed by atoms with Gasteiger partial charge in [-0.05, 0) is 25.1 Å². The number of aliphatic imine (C=N–C) groups is 1. The summed E-state index contributed by atoms with van der Waals surface area (Å²) in [5.41, 5.74) is 3.44. The predicted octanol–water partition coefficient (Wildman–Crippen LogP) is 4.08. The van der Waals surface area contributed by atoms with Crippen molar-refractivity contribution >= 4 is 23.4 Å². The van der Waals surface area contributed by atoms with Gasteiger partial charge in [-0.25, -0.2) is 4.79 Å². The number of amides is 1. The van der Waals surface area contributed by atoms with Gasteiger partial charge in [-0.1, -0.05) is 48.9 Å². The van der Waals surface area contributed by atoms with Gasteiger partial charge in [-0.3, -0.25) is 14.9 Å². The average Bonchev–Trinajstić information content (AvgIpc) is 3.11. The van der Waals surface area contributed by atoms with E-state index in [9.17, 15) is 4.79 Å². The van der Waals surface area contributed by atoms with Crippen LogP contribution in [0.1, 0.15) is 42.8 Å². The second kappa shape index (κ2) is 8.05. The van der Waals surface area contributed by atoms with Gasteiger partial charge in [0.15, 0.2) is 12.0 Å². The van der Waals surface area contributed by atoms with Crippen LogP contribution in [0, 0.1) is 0 Å². The van der Waals surface area contributed by atoms with E-state index in [4.69, 9.17) is 21.3 Å². The number of benzene rings is 2. The van der Waals surface area contributed by atoms with E-state index in [-0.39, 0.29) is 6.61 Å². The molecule has 1 aromatic heterocycles. The number of fused-ring (bicyclic) bond motifs is 3. The first-order chi connectivity index (χ1) is 14.1. The third-order valence-corrected chi connectivity index (χ3v) is 4.87. The Bertz CT molecular complexity index is 1070. The number of para-hydroxylation sites is 1. The molecule has 1 unspecified atom stereocenters. The van der Waals surface area contributed by atoms with Crippen molar-refractivity contribution in [1.29, 1.82) is 0 Å². The van der Waals surface area contributed by atoms with Crippen LogP contribution >= 0.6 is 11.6 Å². The van der Waals surface area contributed by atoms with Crippen molar-refractivity contribution in [3.8, 4) is 5.69 Å². The number of aryl methyl sites for hydroxylation is 1. The third-order valence-electron chi connectivity index (χ3n) is 4.62. The maximum absolute atomic E-state index is 12.2. The number of halogens is 1. The summed E-state index contributed by atoms with van der Waals surface area (Å²) >= 11 is 6.07. The molecule has 2 heterocycles. The van der Waals surface area contributed by atoms with Crippen LogP contribution in [0.15, 0.2) is 53.5 Å². The van der Waals surface area contributed by atoms with E-state index in [1.54, 1.807) is 6.92 Å². The van der Waals surface area contributed by atoms with Crippen molar-refractivity contribution in [1.82, 2.24) is 20.1 Å². The number of hydrogen-bond donors (Lipinski definition) is 1. The number of hydrogen-bond acceptors (Lipinski definition) is 5. The van der Waals surface area contributed by atoms with Crippen LogP contribution in [0.5, 0.6) is 0 Å². The summed E-state index contributed by atoms with van der Waals surface area (Å²) in [7, 11) is 0. The summed E-state index contributed by atoms with van der Waals surface area (Å²) in [5.74, 6) is 1.32. The van der Waals surface area contributed by atoms with E-state index >= 15 is 0 Å². The number of nitrogens with zero attached hydrogens (tertiary/aromatic N) is 4. The molecular formula is C21H20ClN5O2. The number of nitrogens with one attached hydrogen (secondary N) is 1. The van der Waals surface area contributed by atoms with E-state index in [2.05, 4.69) is 15.5 Å². The molecule has 0 bridgehead atoms. The van der Waals surface area contributed by atoms with Gasteiger partial charge in [0.1, 0.15) is 5.82 Å². The number of ether oxygens (including phenoxy) is 1. The first-order valence-corrected chi connectivity index (χ1v) is 9.81. The lowest BCUT2D eigenvalue weighted by molar-refractivity contribution is 0.148. The van der Waals surface area contributed by atoms with Crippen molar-refractivity contribution in [2.45, 2.75) is 26.4 Å². The summed E-state index contributed by atoms with van der Waals surface area (Å²) in [6.07, 6.45) is -0.626. The van der Waals surface area contributed by atoms with Crippen LogP contribution < -0.4 is 5.32 Å². The highest BCUT2D eigenvalue weighted by Crippen LogP contribution is 2.30. The van der Waals surface area contributed by atoms with Crippen LogP contribution in [-0.2, 0) is 11.2 Å². The van der Waals surface area contributed by atoms with E-state index in [0.29, 0.717) is 17.3 Å². The highest BCUT2D eigenvalue weighted by molar-refractivity contribution is 6.30. The number of carbonyl (C=O) groups is 1. The van der Waals surface area contributed by atoms with E-state index in [1.807, 2.05) is 60.0 Å². The molecule has 1 amide bonds. The molecule has 148 valence electrons. The molecule has 1 aliphatic heterocycles. The normalized spacial score (nSPS) is 15.0. The van der Waals surface area contributed by atoms with Crippen molar-refractivity contribution in [2.24, 2.45) is 4.99 Å². The topological polar surface area (TPSA) is 81.4 Å². The number of carbonyl (C=O) groups excluding carboxylic acids is 1. The van der Waals surface area contributed by atoms with Crippen molar-refractivity contribution in [3.05, 3.63) is 76.3 Å². The molecule has 7 nitrogen and oxygen atoms in total. The zero-order valence-corrected chi connectivity index (χ0v) is 16.8. The SMILES string of the molecule is CCOC(=O)NC1N=C(c2ccc(Cl)cc2)c2ccccc2-n2c(CC)nnc21. The third kappa shape index (κ3) is 3.61. The highest BCUT2D eigenvalue weighted by Gasteiger charge is 2.29. The second-order valence-electron chi connectivity index (χ2n) is 6.43. The fraction of sp³-hybridized carbons (Fsp3) is 0.238. The second-order valence-corrected chi connectivity index (χ2v) is 6.87. The van der Waals surface area contributed by atoms with E-state index in [0.717, 1.165) is 28.4 Å². The monoisotopic (exact) mass is 409 g/mol. The summed E-state index contributed by atoms with van der Waals surface area (Å²) in [6.45, 7) is 4.03. The molecule has 3 aromatic rings. The molecule has 0 saturated carbocycles. The van der Waals surface area contributed by atoms with Crippen molar-refractivity contribution < 1.29 is 9.53 Å². The number of aromatic nitrogens is 3. The van der Waals surface area contributed by atoms with Gasteiger partial charge >= 0.3 is 6.09 Å². The fourth-order valence-electron chi connectivity index (χ4n) is 3.34. The predicted molar refractivity (Wildman–Crippen MR) is 111 cm³/mol. The lowest BCUT2D eigenvalue weighted by atomic mass is 10.0. The lowest BCUT2D eigenvalue weighted by Gasteiger charge is -2.14. The Morgan fingerprint density at radius 1 is 1.14 bits per heavy atom. The standard InChI is InChI=1S/C21H20ClN5O2/c1-3-17-25-26-20-19(24-21(28)29-4-2)23-18(13-9-11-14(22)12-10-13)15-7-5-6-8-16(15)27(17)20/h5-12,19H,3-4H2,1-2H3,(H,24,28). The van der Waals surface area contributed by atoms with Crippen LogP contribution in [0.2, 0.25) is 5.02 Å². The molecule has 0 spiro atoms. The van der Waals surface area contributed by atoms with Crippen LogP contribution in [-0.4, -0.2) is 33.2 Å². The van der Waals surface area contributed by atoms with Gasteiger partial charge in [0.25, 0.3) is 0 Å². The maximum Gasteiger partial charge on any atom is 0.409 e. The molecule has 8 heteroatoms. The average molecular weight is 410 g/mol. The van der Waals surface area contributed by atoms with Crippen molar-refractivity contribution in [3.63, 3.8) is 0 Å². The van der Waals surface area contributed by atoms with E-state index in [1.165, 1.54) is 0 Å². The Kier molecular flexibility index (Phi) is 5.31. The summed E-state index contributed by atoms with van der Waals surface area (Å²) < 4.78 is 7.03. The Hall–Kier alpha value is -3.19. The maximum atomic E-state index is 12.2. The van der Waals surface area contributed by atoms with Gasteiger partial charge < -0.3 is 4.74 Å².